The number of rotatable bonds is 6. The second kappa shape index (κ2) is 5.48. The fourth-order valence-corrected chi connectivity index (χ4v) is 15.2. The Morgan fingerprint density at radius 3 is 1.46 bits per heavy atom. The van der Waals surface area contributed by atoms with E-state index in [9.17, 15) is 0 Å². The van der Waals surface area contributed by atoms with E-state index in [4.69, 9.17) is 0 Å². The van der Waals surface area contributed by atoms with Crippen LogP contribution in [0.4, 0.5) is 0 Å². The van der Waals surface area contributed by atoms with Gasteiger partial charge >= 0.3 is 94.3 Å². The van der Waals surface area contributed by atoms with Gasteiger partial charge in [0, 0.05) is 0 Å². The average molecular weight is 394 g/mol. The Bertz CT molecular complexity index is 165. The monoisotopic (exact) mass is 393 g/mol. The zero-order valence-electron chi connectivity index (χ0n) is 9.30. The van der Waals surface area contributed by atoms with Gasteiger partial charge in [0.25, 0.3) is 0 Å². The Labute approximate surface area is 94.1 Å². The summed E-state index contributed by atoms with van der Waals surface area (Å²) < 4.78 is 3.00. The van der Waals surface area contributed by atoms with Gasteiger partial charge in [-0.25, -0.2) is 0 Å². The van der Waals surface area contributed by atoms with E-state index >= 15 is 0 Å². The summed E-state index contributed by atoms with van der Waals surface area (Å²) in [6.45, 7) is 17.6. The first-order valence-corrected chi connectivity index (χ1v) is 14.3. The van der Waals surface area contributed by atoms with Gasteiger partial charge in [0.05, 0.1) is 0 Å². The van der Waals surface area contributed by atoms with Crippen molar-refractivity contribution in [2.75, 3.05) is 0 Å². The zero-order chi connectivity index (χ0) is 10.5. The Morgan fingerprint density at radius 2 is 1.23 bits per heavy atom. The Hall–Kier alpha value is 0.602. The van der Waals surface area contributed by atoms with E-state index in [2.05, 4.69) is 50.7 Å². The van der Waals surface area contributed by atoms with Crippen molar-refractivity contribution in [3.8, 4) is 0 Å². The molecule has 0 spiro atoms. The Kier molecular flexibility index (Phi) is 5.73. The van der Waals surface area contributed by atoms with Crippen LogP contribution in [0, 0.1) is 0 Å². The predicted molar refractivity (Wildman–Crippen MR) is 65.0 cm³/mol. The standard InChI is InChI=1S/2C5H11Si.Pt/c2*1-5-6(2,3)4;/h2*5H,1-2H2,3-4H3;. The minimum atomic E-state index is -0.989. The minimum absolute atomic E-state index is 0.404. The summed E-state index contributed by atoms with van der Waals surface area (Å²) in [7, 11) is -1.98. The summed E-state index contributed by atoms with van der Waals surface area (Å²) in [4.78, 5) is 0. The molecule has 0 saturated heterocycles. The molecule has 0 saturated carbocycles. The van der Waals surface area contributed by atoms with E-state index in [-0.39, 0.29) is 0 Å². The van der Waals surface area contributed by atoms with Crippen LogP contribution >= 0.6 is 0 Å². The molecule has 0 aliphatic carbocycles. The average Bonchev–Trinajstić information content (AvgIpc) is 2.04. The van der Waals surface area contributed by atoms with Crippen molar-refractivity contribution in [1.29, 1.82) is 0 Å². The third-order valence-electron chi connectivity index (χ3n) is 1.84. The molecule has 0 N–H and O–H groups in total. The van der Waals surface area contributed by atoms with Gasteiger partial charge in [0.1, 0.15) is 0 Å². The summed E-state index contributed by atoms with van der Waals surface area (Å²) in [5.41, 5.74) is 4.46. The first-order chi connectivity index (χ1) is 5.83. The van der Waals surface area contributed by atoms with E-state index in [1.54, 1.807) is 0 Å². The van der Waals surface area contributed by atoms with Crippen molar-refractivity contribution < 1.29 is 18.6 Å². The molecule has 0 rings (SSSR count). The van der Waals surface area contributed by atoms with Gasteiger partial charge in [-0.15, -0.1) is 0 Å². The molecule has 3 heteroatoms. The predicted octanol–water partition coefficient (Wildman–Crippen LogP) is 3.85. The molecule has 0 aromatic rings. The fourth-order valence-electron chi connectivity index (χ4n) is 0.538. The van der Waals surface area contributed by atoms with Crippen LogP contribution in [-0.2, 0) is 18.6 Å². The molecule has 0 unspecified atom stereocenters. The topological polar surface area (TPSA) is 0 Å². The van der Waals surface area contributed by atoms with Crippen molar-refractivity contribution in [3.63, 3.8) is 0 Å². The molecule has 0 aromatic heterocycles. The molecule has 0 bridgehead atoms. The Morgan fingerprint density at radius 1 is 0.923 bits per heavy atom. The molecule has 0 heterocycles. The molecule has 13 heavy (non-hydrogen) atoms. The van der Waals surface area contributed by atoms with Crippen LogP contribution < -0.4 is 0 Å². The van der Waals surface area contributed by atoms with Crippen LogP contribution in [0.25, 0.3) is 0 Å². The molecular weight excluding hydrogens is 371 g/mol. The van der Waals surface area contributed by atoms with E-state index in [0.717, 1.165) is 0 Å². The summed E-state index contributed by atoms with van der Waals surface area (Å²) >= 11 is 0.404. The van der Waals surface area contributed by atoms with E-state index in [0.29, 0.717) is 18.6 Å². The van der Waals surface area contributed by atoms with Gasteiger partial charge < -0.3 is 0 Å². The van der Waals surface area contributed by atoms with Gasteiger partial charge in [0.15, 0.2) is 0 Å². The normalized spacial score (nSPS) is 12.9. The van der Waals surface area contributed by atoms with Crippen LogP contribution in [0.5, 0.6) is 0 Å². The summed E-state index contributed by atoms with van der Waals surface area (Å²) in [6, 6.07) is 0. The third-order valence-corrected chi connectivity index (χ3v) is 21.4. The maximum absolute atomic E-state index is 3.94. The number of hydrogen-bond acceptors (Lipinski definition) is 0. The molecule has 0 fully saturated rings. The quantitative estimate of drug-likeness (QED) is 0.602. The summed E-state index contributed by atoms with van der Waals surface area (Å²) in [5.74, 6) is 0. The molecule has 0 atom stereocenters. The van der Waals surface area contributed by atoms with Gasteiger partial charge in [-0.2, -0.15) is 0 Å². The van der Waals surface area contributed by atoms with Crippen molar-refractivity contribution in [1.82, 2.24) is 0 Å². The van der Waals surface area contributed by atoms with Crippen LogP contribution in [-0.4, -0.2) is 16.1 Å². The first kappa shape index (κ1) is 13.6. The fraction of sp³-hybridized carbons (Fsp3) is 0.600. The molecule has 0 aromatic carbocycles. The molecule has 0 aliphatic rings. The van der Waals surface area contributed by atoms with E-state index in [1.165, 1.54) is 8.87 Å². The Balaban J connectivity index is 3.80. The summed E-state index contributed by atoms with van der Waals surface area (Å²) in [5, 5.41) is 0. The summed E-state index contributed by atoms with van der Waals surface area (Å²) in [6.07, 6.45) is 0. The van der Waals surface area contributed by atoms with Crippen molar-refractivity contribution in [2.45, 2.75) is 35.1 Å². The van der Waals surface area contributed by atoms with Gasteiger partial charge in [-0.1, -0.05) is 0 Å². The maximum atomic E-state index is 3.94. The molecule has 0 nitrogen and oxygen atoms in total. The van der Waals surface area contributed by atoms with Gasteiger partial charge in [-0.05, 0) is 0 Å². The van der Waals surface area contributed by atoms with Crippen LogP contribution in [0.15, 0.2) is 24.6 Å². The molecule has 0 aliphatic heterocycles. The molecular formula is C10H22PtSi2. The van der Waals surface area contributed by atoms with Crippen molar-refractivity contribution >= 4 is 16.1 Å². The molecule has 80 valence electrons. The second-order valence-corrected chi connectivity index (χ2v) is 19.9. The first-order valence-electron chi connectivity index (χ1n) is 4.55. The van der Waals surface area contributed by atoms with Crippen LogP contribution in [0.1, 0.15) is 0 Å². The second-order valence-electron chi connectivity index (χ2n) is 4.77. The van der Waals surface area contributed by atoms with Crippen molar-refractivity contribution in [3.05, 3.63) is 24.6 Å². The van der Waals surface area contributed by atoms with Crippen molar-refractivity contribution in [2.24, 2.45) is 0 Å². The SMILES string of the molecule is C=C[Si](C)(C)[CH2][Pt][CH2][Si](C)(C)C=C. The van der Waals surface area contributed by atoms with Gasteiger partial charge in [-0.3, -0.25) is 0 Å². The van der Waals surface area contributed by atoms with Crippen LogP contribution in [0.3, 0.4) is 0 Å². The molecule has 0 amide bonds. The van der Waals surface area contributed by atoms with Gasteiger partial charge in [0.2, 0.25) is 0 Å². The van der Waals surface area contributed by atoms with E-state index < -0.39 is 16.1 Å². The molecule has 0 radical (unpaired) electrons. The van der Waals surface area contributed by atoms with Crippen LogP contribution in [0.2, 0.25) is 35.1 Å². The van der Waals surface area contributed by atoms with E-state index in [1.807, 2.05) is 0 Å². The number of hydrogen-bond donors (Lipinski definition) is 0. The third kappa shape index (κ3) is 6.64. The zero-order valence-corrected chi connectivity index (χ0v) is 13.6.